The zero-order valence-corrected chi connectivity index (χ0v) is 8.47. The number of phenols is 1. The zero-order chi connectivity index (χ0) is 10.1. The first-order chi connectivity index (χ1) is 6.74. The third-order valence-electron chi connectivity index (χ3n) is 1.94. The highest BCUT2D eigenvalue weighted by molar-refractivity contribution is 7.18. The third-order valence-corrected chi connectivity index (χ3v) is 2.93. The summed E-state index contributed by atoms with van der Waals surface area (Å²) in [6, 6.07) is 3.21. The smallest absolute Gasteiger partial charge is 0.178 e. The van der Waals surface area contributed by atoms with Crippen molar-refractivity contribution in [2.75, 3.05) is 6.61 Å². The number of benzene rings is 1. The topological polar surface area (TPSA) is 49.7 Å². The lowest BCUT2D eigenvalue weighted by Crippen LogP contribution is -1.91. The van der Waals surface area contributed by atoms with Crippen LogP contribution in [0, 0.1) is 0 Å². The fraction of sp³-hybridized carbons (Fsp3) is 0.200. The SMILES string of the molecule is CCOc1c(O)ccc2c(O)csc12. The van der Waals surface area contributed by atoms with Crippen LogP contribution in [0.15, 0.2) is 17.5 Å². The highest BCUT2D eigenvalue weighted by Crippen LogP contribution is 2.42. The molecule has 0 saturated heterocycles. The molecule has 0 radical (unpaired) electrons. The molecular weight excluding hydrogens is 200 g/mol. The van der Waals surface area contributed by atoms with Gasteiger partial charge in [-0.2, -0.15) is 0 Å². The molecule has 74 valence electrons. The molecule has 0 atom stereocenters. The first-order valence-electron chi connectivity index (χ1n) is 4.29. The second-order valence-electron chi connectivity index (χ2n) is 2.84. The van der Waals surface area contributed by atoms with Crippen LogP contribution in [-0.2, 0) is 0 Å². The summed E-state index contributed by atoms with van der Waals surface area (Å²) in [5.41, 5.74) is 0. The Labute approximate surface area is 85.2 Å². The van der Waals surface area contributed by atoms with E-state index in [1.165, 1.54) is 17.4 Å². The number of aromatic hydroxyl groups is 2. The summed E-state index contributed by atoms with van der Waals surface area (Å²) in [5.74, 6) is 0.794. The maximum Gasteiger partial charge on any atom is 0.178 e. The van der Waals surface area contributed by atoms with Crippen LogP contribution in [0.4, 0.5) is 0 Å². The number of ether oxygens (including phenoxy) is 1. The van der Waals surface area contributed by atoms with Crippen LogP contribution in [0.1, 0.15) is 6.92 Å². The molecule has 14 heavy (non-hydrogen) atoms. The Morgan fingerprint density at radius 2 is 2.07 bits per heavy atom. The van der Waals surface area contributed by atoms with Crippen molar-refractivity contribution < 1.29 is 14.9 Å². The molecule has 0 fully saturated rings. The van der Waals surface area contributed by atoms with Crippen molar-refractivity contribution in [3.63, 3.8) is 0 Å². The molecule has 4 heteroatoms. The van der Waals surface area contributed by atoms with Crippen LogP contribution >= 0.6 is 11.3 Å². The number of hydrogen-bond acceptors (Lipinski definition) is 4. The maximum absolute atomic E-state index is 9.55. The average molecular weight is 210 g/mol. The molecule has 2 aromatic rings. The molecule has 0 unspecified atom stereocenters. The second-order valence-corrected chi connectivity index (χ2v) is 3.72. The summed E-state index contributed by atoms with van der Waals surface area (Å²) in [6.45, 7) is 2.34. The van der Waals surface area contributed by atoms with Crippen molar-refractivity contribution in [3.8, 4) is 17.2 Å². The first-order valence-corrected chi connectivity index (χ1v) is 5.17. The molecule has 0 spiro atoms. The summed E-state index contributed by atoms with van der Waals surface area (Å²) in [5, 5.41) is 21.4. The summed E-state index contributed by atoms with van der Waals surface area (Å²) < 4.78 is 6.09. The van der Waals surface area contributed by atoms with Gasteiger partial charge in [-0.25, -0.2) is 0 Å². The Kier molecular flexibility index (Phi) is 2.21. The van der Waals surface area contributed by atoms with E-state index in [1.54, 1.807) is 11.4 Å². The van der Waals surface area contributed by atoms with Crippen molar-refractivity contribution in [3.05, 3.63) is 17.5 Å². The van der Waals surface area contributed by atoms with E-state index in [0.29, 0.717) is 12.4 Å². The van der Waals surface area contributed by atoms with Crippen LogP contribution in [-0.4, -0.2) is 16.8 Å². The van der Waals surface area contributed by atoms with Gasteiger partial charge in [0.2, 0.25) is 0 Å². The number of phenolic OH excluding ortho intramolecular Hbond substituents is 1. The van der Waals surface area contributed by atoms with Crippen LogP contribution in [0.2, 0.25) is 0 Å². The van der Waals surface area contributed by atoms with E-state index in [1.807, 2.05) is 6.92 Å². The number of thiophene rings is 1. The van der Waals surface area contributed by atoms with E-state index in [-0.39, 0.29) is 11.5 Å². The quantitative estimate of drug-likeness (QED) is 0.801. The predicted octanol–water partition coefficient (Wildman–Crippen LogP) is 2.71. The lowest BCUT2D eigenvalue weighted by atomic mass is 10.2. The van der Waals surface area contributed by atoms with Crippen molar-refractivity contribution in [1.29, 1.82) is 0 Å². The van der Waals surface area contributed by atoms with Gasteiger partial charge in [0.15, 0.2) is 11.5 Å². The summed E-state index contributed by atoms with van der Waals surface area (Å²) >= 11 is 1.36. The minimum absolute atomic E-state index is 0.112. The average Bonchev–Trinajstić information content (AvgIpc) is 2.53. The Morgan fingerprint density at radius 1 is 1.29 bits per heavy atom. The monoisotopic (exact) mass is 210 g/mol. The van der Waals surface area contributed by atoms with E-state index < -0.39 is 0 Å². The van der Waals surface area contributed by atoms with Crippen LogP contribution in [0.25, 0.3) is 10.1 Å². The molecule has 0 aliphatic rings. The molecule has 0 aliphatic carbocycles. The number of rotatable bonds is 2. The summed E-state index contributed by atoms with van der Waals surface area (Å²) in [7, 11) is 0. The van der Waals surface area contributed by atoms with E-state index >= 15 is 0 Å². The molecule has 0 bridgehead atoms. The Hall–Kier alpha value is -1.42. The Bertz CT molecular complexity index is 462. The molecule has 1 aromatic carbocycles. The molecule has 0 aliphatic heterocycles. The summed E-state index contributed by atoms with van der Waals surface area (Å²) in [6.07, 6.45) is 0. The van der Waals surface area contributed by atoms with Crippen molar-refractivity contribution in [2.24, 2.45) is 0 Å². The largest absolute Gasteiger partial charge is 0.506 e. The van der Waals surface area contributed by atoms with Crippen molar-refractivity contribution in [1.82, 2.24) is 0 Å². The fourth-order valence-corrected chi connectivity index (χ4v) is 2.26. The first kappa shape index (κ1) is 9.15. The van der Waals surface area contributed by atoms with Gasteiger partial charge in [-0.1, -0.05) is 0 Å². The Balaban J connectivity index is 2.70. The standard InChI is InChI=1S/C10H10O3S/c1-2-13-9-7(11)4-3-6-8(12)5-14-10(6)9/h3-5,11-12H,2H2,1H3. The van der Waals surface area contributed by atoms with Gasteiger partial charge < -0.3 is 14.9 Å². The minimum atomic E-state index is 0.112. The van der Waals surface area contributed by atoms with E-state index in [0.717, 1.165) is 10.1 Å². The van der Waals surface area contributed by atoms with Crippen molar-refractivity contribution in [2.45, 2.75) is 6.92 Å². The van der Waals surface area contributed by atoms with Crippen molar-refractivity contribution >= 4 is 21.4 Å². The van der Waals surface area contributed by atoms with Crippen LogP contribution in [0.3, 0.4) is 0 Å². The maximum atomic E-state index is 9.55. The lowest BCUT2D eigenvalue weighted by molar-refractivity contribution is 0.323. The minimum Gasteiger partial charge on any atom is -0.506 e. The highest BCUT2D eigenvalue weighted by Gasteiger charge is 2.11. The molecule has 0 saturated carbocycles. The number of hydrogen-bond donors (Lipinski definition) is 2. The number of fused-ring (bicyclic) bond motifs is 1. The highest BCUT2D eigenvalue weighted by atomic mass is 32.1. The third kappa shape index (κ3) is 1.28. The van der Waals surface area contributed by atoms with Gasteiger partial charge in [0.1, 0.15) is 5.75 Å². The van der Waals surface area contributed by atoms with E-state index in [2.05, 4.69) is 0 Å². The molecule has 1 heterocycles. The molecule has 0 amide bonds. The normalized spacial score (nSPS) is 10.6. The molecule has 2 rings (SSSR count). The van der Waals surface area contributed by atoms with Gasteiger partial charge >= 0.3 is 0 Å². The molecule has 2 N–H and O–H groups in total. The van der Waals surface area contributed by atoms with Gasteiger partial charge in [0.05, 0.1) is 11.3 Å². The predicted molar refractivity (Wildman–Crippen MR) is 56.3 cm³/mol. The zero-order valence-electron chi connectivity index (χ0n) is 7.65. The van der Waals surface area contributed by atoms with Crippen LogP contribution < -0.4 is 4.74 Å². The molecule has 1 aromatic heterocycles. The second kappa shape index (κ2) is 3.38. The van der Waals surface area contributed by atoms with Gasteiger partial charge in [-0.15, -0.1) is 11.3 Å². The lowest BCUT2D eigenvalue weighted by Gasteiger charge is -2.06. The summed E-state index contributed by atoms with van der Waals surface area (Å²) in [4.78, 5) is 0. The van der Waals surface area contributed by atoms with E-state index in [9.17, 15) is 10.2 Å². The van der Waals surface area contributed by atoms with Crippen LogP contribution in [0.5, 0.6) is 17.2 Å². The van der Waals surface area contributed by atoms with E-state index in [4.69, 9.17) is 4.74 Å². The molecule has 3 nitrogen and oxygen atoms in total. The fourth-order valence-electron chi connectivity index (χ4n) is 1.33. The van der Waals surface area contributed by atoms with Gasteiger partial charge in [0, 0.05) is 10.8 Å². The van der Waals surface area contributed by atoms with Gasteiger partial charge in [0.25, 0.3) is 0 Å². The van der Waals surface area contributed by atoms with Gasteiger partial charge in [-0.05, 0) is 19.1 Å². The van der Waals surface area contributed by atoms with Gasteiger partial charge in [-0.3, -0.25) is 0 Å². The Morgan fingerprint density at radius 3 is 2.79 bits per heavy atom. The molecular formula is C10H10O3S.